The lowest BCUT2D eigenvalue weighted by molar-refractivity contribution is -0.0593. The van der Waals surface area contributed by atoms with E-state index in [1.165, 1.54) is 12.1 Å². The molecule has 1 fully saturated rings. The van der Waals surface area contributed by atoms with Gasteiger partial charge in [-0.2, -0.15) is 0 Å². The number of halogens is 1. The second-order valence-electron chi connectivity index (χ2n) is 3.63. The summed E-state index contributed by atoms with van der Waals surface area (Å²) in [7, 11) is 0. The Balaban J connectivity index is 1.96. The summed E-state index contributed by atoms with van der Waals surface area (Å²) in [6.07, 6.45) is 0.795. The van der Waals surface area contributed by atoms with E-state index < -0.39 is 5.79 Å². The Morgan fingerprint density at radius 1 is 1.29 bits per heavy atom. The molecule has 3 rings (SSSR count). The minimum Gasteiger partial charge on any atom is -0.447 e. The van der Waals surface area contributed by atoms with Crippen LogP contribution < -0.4 is 14.8 Å². The molecule has 14 heavy (non-hydrogen) atoms. The second-order valence-corrected chi connectivity index (χ2v) is 3.63. The summed E-state index contributed by atoms with van der Waals surface area (Å²) < 4.78 is 24.2. The van der Waals surface area contributed by atoms with Crippen molar-refractivity contribution in [2.45, 2.75) is 12.2 Å². The van der Waals surface area contributed by atoms with Gasteiger partial charge in [-0.15, -0.1) is 0 Å². The van der Waals surface area contributed by atoms with Crippen molar-refractivity contribution in [2.75, 3.05) is 13.1 Å². The van der Waals surface area contributed by atoms with Gasteiger partial charge < -0.3 is 14.8 Å². The van der Waals surface area contributed by atoms with Gasteiger partial charge in [0.1, 0.15) is 5.82 Å². The molecule has 4 heteroatoms. The summed E-state index contributed by atoms with van der Waals surface area (Å²) in [5, 5.41) is 3.16. The molecule has 74 valence electrons. The van der Waals surface area contributed by atoms with Crippen LogP contribution in [0.2, 0.25) is 0 Å². The van der Waals surface area contributed by atoms with E-state index in [0.717, 1.165) is 13.0 Å². The SMILES string of the molecule is Fc1ccc2c(c1)OC1(CCNC1)O2. The molecule has 1 unspecified atom stereocenters. The highest BCUT2D eigenvalue weighted by Gasteiger charge is 2.44. The molecule has 1 N–H and O–H groups in total. The summed E-state index contributed by atoms with van der Waals surface area (Å²) in [5.74, 6) is 0.259. The maximum Gasteiger partial charge on any atom is 0.265 e. The quantitative estimate of drug-likeness (QED) is 0.676. The van der Waals surface area contributed by atoms with Gasteiger partial charge in [0, 0.05) is 19.0 Å². The molecular weight excluding hydrogens is 185 g/mol. The minimum absolute atomic E-state index is 0.296. The van der Waals surface area contributed by atoms with Crippen LogP contribution in [0.3, 0.4) is 0 Å². The molecule has 2 aliphatic heterocycles. The molecule has 0 amide bonds. The lowest BCUT2D eigenvalue weighted by Gasteiger charge is -2.20. The average molecular weight is 195 g/mol. The smallest absolute Gasteiger partial charge is 0.265 e. The van der Waals surface area contributed by atoms with Crippen LogP contribution in [0.25, 0.3) is 0 Å². The Morgan fingerprint density at radius 3 is 2.93 bits per heavy atom. The Morgan fingerprint density at radius 2 is 2.14 bits per heavy atom. The molecule has 3 nitrogen and oxygen atoms in total. The van der Waals surface area contributed by atoms with Gasteiger partial charge in [0.05, 0.1) is 6.54 Å². The number of nitrogens with one attached hydrogen (secondary N) is 1. The van der Waals surface area contributed by atoms with Gasteiger partial charge >= 0.3 is 0 Å². The second kappa shape index (κ2) is 2.60. The van der Waals surface area contributed by atoms with E-state index >= 15 is 0 Å². The fraction of sp³-hybridized carbons (Fsp3) is 0.400. The molecule has 0 saturated carbocycles. The van der Waals surface area contributed by atoms with Gasteiger partial charge in [0.15, 0.2) is 11.5 Å². The van der Waals surface area contributed by atoms with Gasteiger partial charge in [-0.3, -0.25) is 0 Å². The lowest BCUT2D eigenvalue weighted by Crippen LogP contribution is -2.40. The molecule has 0 radical (unpaired) electrons. The fourth-order valence-electron chi connectivity index (χ4n) is 1.89. The van der Waals surface area contributed by atoms with E-state index in [9.17, 15) is 4.39 Å². The zero-order valence-corrected chi connectivity index (χ0v) is 7.55. The fourth-order valence-corrected chi connectivity index (χ4v) is 1.89. The maximum atomic E-state index is 12.9. The predicted molar refractivity (Wildman–Crippen MR) is 47.9 cm³/mol. The first-order valence-electron chi connectivity index (χ1n) is 4.66. The van der Waals surface area contributed by atoms with Gasteiger partial charge in [0.2, 0.25) is 0 Å². The molecular formula is C10H10FNO2. The van der Waals surface area contributed by atoms with Crippen LogP contribution >= 0.6 is 0 Å². The van der Waals surface area contributed by atoms with Gasteiger partial charge in [-0.05, 0) is 12.1 Å². The Hall–Kier alpha value is -1.29. The number of hydrogen-bond donors (Lipinski definition) is 1. The van der Waals surface area contributed by atoms with Crippen LogP contribution in [-0.2, 0) is 0 Å². The predicted octanol–water partition coefficient (Wildman–Crippen LogP) is 1.29. The first kappa shape index (κ1) is 8.05. The van der Waals surface area contributed by atoms with E-state index in [0.29, 0.717) is 18.0 Å². The van der Waals surface area contributed by atoms with Crippen molar-refractivity contribution in [3.05, 3.63) is 24.0 Å². The molecule has 1 spiro atoms. The van der Waals surface area contributed by atoms with Crippen LogP contribution in [0.4, 0.5) is 4.39 Å². The molecule has 1 aromatic rings. The van der Waals surface area contributed by atoms with E-state index in [1.807, 2.05) is 0 Å². The number of hydrogen-bond acceptors (Lipinski definition) is 3. The third kappa shape index (κ3) is 1.07. The van der Waals surface area contributed by atoms with Gasteiger partial charge in [-0.1, -0.05) is 0 Å². The standard InChI is InChI=1S/C10H10FNO2/c11-7-1-2-8-9(5-7)14-10(13-8)3-4-12-6-10/h1-2,5,12H,3-4,6H2. The largest absolute Gasteiger partial charge is 0.447 e. The summed E-state index contributed by atoms with van der Waals surface area (Å²) in [4.78, 5) is 0. The molecule has 2 aliphatic rings. The van der Waals surface area contributed by atoms with Gasteiger partial charge in [0.25, 0.3) is 5.79 Å². The third-order valence-electron chi connectivity index (χ3n) is 2.57. The first-order chi connectivity index (χ1) is 6.77. The van der Waals surface area contributed by atoms with E-state index in [1.54, 1.807) is 6.07 Å². The van der Waals surface area contributed by atoms with Gasteiger partial charge in [-0.25, -0.2) is 4.39 Å². The van der Waals surface area contributed by atoms with Crippen molar-refractivity contribution in [1.29, 1.82) is 0 Å². The Bertz CT molecular complexity index is 374. The van der Waals surface area contributed by atoms with Crippen LogP contribution in [0, 0.1) is 5.82 Å². The highest BCUT2D eigenvalue weighted by atomic mass is 19.1. The number of fused-ring (bicyclic) bond motifs is 1. The van der Waals surface area contributed by atoms with E-state index in [-0.39, 0.29) is 5.82 Å². The average Bonchev–Trinajstić information content (AvgIpc) is 2.72. The topological polar surface area (TPSA) is 30.5 Å². The van der Waals surface area contributed by atoms with Crippen LogP contribution in [0.15, 0.2) is 18.2 Å². The lowest BCUT2D eigenvalue weighted by atomic mass is 10.2. The normalized spacial score (nSPS) is 28.6. The number of benzene rings is 1. The summed E-state index contributed by atoms with van der Waals surface area (Å²) in [5.41, 5.74) is 0. The molecule has 1 aromatic carbocycles. The van der Waals surface area contributed by atoms with Crippen molar-refractivity contribution in [2.24, 2.45) is 0 Å². The van der Waals surface area contributed by atoms with Crippen molar-refractivity contribution in [3.63, 3.8) is 0 Å². The Kier molecular flexibility index (Phi) is 1.50. The summed E-state index contributed by atoms with van der Waals surface area (Å²) in [6.45, 7) is 1.53. The van der Waals surface area contributed by atoms with Crippen LogP contribution in [0.5, 0.6) is 11.5 Å². The monoisotopic (exact) mass is 195 g/mol. The number of ether oxygens (including phenoxy) is 2. The van der Waals surface area contributed by atoms with Crippen molar-refractivity contribution in [1.82, 2.24) is 5.32 Å². The zero-order chi connectivity index (χ0) is 9.60. The first-order valence-corrected chi connectivity index (χ1v) is 4.66. The van der Waals surface area contributed by atoms with Crippen molar-refractivity contribution >= 4 is 0 Å². The zero-order valence-electron chi connectivity index (χ0n) is 7.55. The molecule has 1 saturated heterocycles. The van der Waals surface area contributed by atoms with E-state index in [2.05, 4.69) is 5.32 Å². The molecule has 2 heterocycles. The maximum absolute atomic E-state index is 12.9. The highest BCUT2D eigenvalue weighted by molar-refractivity contribution is 5.43. The molecule has 1 atom stereocenters. The molecule has 0 aliphatic carbocycles. The number of rotatable bonds is 0. The van der Waals surface area contributed by atoms with Crippen LogP contribution in [0.1, 0.15) is 6.42 Å². The summed E-state index contributed by atoms with van der Waals surface area (Å²) >= 11 is 0. The molecule has 0 aromatic heterocycles. The summed E-state index contributed by atoms with van der Waals surface area (Å²) in [6, 6.07) is 4.35. The van der Waals surface area contributed by atoms with E-state index in [4.69, 9.17) is 9.47 Å². The van der Waals surface area contributed by atoms with Crippen molar-refractivity contribution < 1.29 is 13.9 Å². The Labute approximate surface area is 80.8 Å². The minimum atomic E-state index is -0.587. The molecule has 0 bridgehead atoms. The van der Waals surface area contributed by atoms with Crippen LogP contribution in [-0.4, -0.2) is 18.9 Å². The van der Waals surface area contributed by atoms with Crippen molar-refractivity contribution in [3.8, 4) is 11.5 Å². The highest BCUT2D eigenvalue weighted by Crippen LogP contribution is 2.41. The third-order valence-corrected chi connectivity index (χ3v) is 2.57.